The van der Waals surface area contributed by atoms with Gasteiger partial charge < -0.3 is 15.5 Å². The molecule has 1 heterocycles. The molecule has 2 fully saturated rings. The minimum absolute atomic E-state index is 0. The van der Waals surface area contributed by atoms with Crippen LogP contribution in [0.5, 0.6) is 0 Å². The number of amides is 1. The summed E-state index contributed by atoms with van der Waals surface area (Å²) in [5.74, 6) is 0.958. The van der Waals surface area contributed by atoms with E-state index in [0.717, 1.165) is 64.2 Å². The molecule has 2 aliphatic rings. The second-order valence-corrected chi connectivity index (χ2v) is 6.23. The quantitative estimate of drug-likeness (QED) is 0.835. The molecule has 126 valence electrons. The van der Waals surface area contributed by atoms with Gasteiger partial charge in [-0.15, -0.1) is 24.8 Å². The standard InChI is InChI=1S/C15H29N3O.2ClH/c1-3-17(4-2)12-13-6-10-18(11-7-13)14(19)15(16)8-5-9-15;;/h13H,3-12,16H2,1-2H3;2*1H. The van der Waals surface area contributed by atoms with Crippen molar-refractivity contribution in [2.45, 2.75) is 51.5 Å². The third kappa shape index (κ3) is 4.98. The van der Waals surface area contributed by atoms with E-state index >= 15 is 0 Å². The Hall–Kier alpha value is -0.0300. The molecule has 0 aromatic rings. The number of hydrogen-bond acceptors (Lipinski definition) is 3. The van der Waals surface area contributed by atoms with Crippen molar-refractivity contribution in [3.8, 4) is 0 Å². The van der Waals surface area contributed by atoms with Crippen LogP contribution >= 0.6 is 24.8 Å². The van der Waals surface area contributed by atoms with Gasteiger partial charge in [0.2, 0.25) is 5.91 Å². The molecule has 1 saturated carbocycles. The molecule has 0 spiro atoms. The predicted molar refractivity (Wildman–Crippen MR) is 92.4 cm³/mol. The number of likely N-dealkylation sites (tertiary alicyclic amines) is 1. The molecule has 0 radical (unpaired) electrons. The van der Waals surface area contributed by atoms with Crippen LogP contribution in [0.3, 0.4) is 0 Å². The fraction of sp³-hybridized carbons (Fsp3) is 0.933. The van der Waals surface area contributed by atoms with E-state index < -0.39 is 5.54 Å². The Labute approximate surface area is 141 Å². The second kappa shape index (κ2) is 9.19. The van der Waals surface area contributed by atoms with Crippen LogP contribution in [0.2, 0.25) is 0 Å². The van der Waals surface area contributed by atoms with Crippen LogP contribution in [0, 0.1) is 5.92 Å². The van der Waals surface area contributed by atoms with E-state index in [0.29, 0.717) is 0 Å². The fourth-order valence-electron chi connectivity index (χ4n) is 3.25. The van der Waals surface area contributed by atoms with Crippen molar-refractivity contribution in [1.82, 2.24) is 9.80 Å². The average Bonchev–Trinajstić information content (AvgIpc) is 2.42. The van der Waals surface area contributed by atoms with Crippen molar-refractivity contribution in [3.05, 3.63) is 0 Å². The number of nitrogens with two attached hydrogens (primary N) is 1. The zero-order valence-corrected chi connectivity index (χ0v) is 15.0. The molecule has 0 bridgehead atoms. The molecule has 0 unspecified atom stereocenters. The van der Waals surface area contributed by atoms with Gasteiger partial charge in [0, 0.05) is 19.6 Å². The monoisotopic (exact) mass is 339 g/mol. The van der Waals surface area contributed by atoms with E-state index in [1.165, 1.54) is 6.54 Å². The third-order valence-corrected chi connectivity index (χ3v) is 4.98. The van der Waals surface area contributed by atoms with Gasteiger partial charge in [0.15, 0.2) is 0 Å². The highest BCUT2D eigenvalue weighted by Gasteiger charge is 2.43. The van der Waals surface area contributed by atoms with Gasteiger partial charge in [-0.2, -0.15) is 0 Å². The number of halogens is 2. The lowest BCUT2D eigenvalue weighted by molar-refractivity contribution is -0.141. The molecule has 2 rings (SSSR count). The zero-order chi connectivity index (χ0) is 13.9. The van der Waals surface area contributed by atoms with Gasteiger partial charge in [-0.3, -0.25) is 4.79 Å². The van der Waals surface area contributed by atoms with E-state index in [1.807, 2.05) is 4.90 Å². The Bertz CT molecular complexity index is 312. The van der Waals surface area contributed by atoms with E-state index in [9.17, 15) is 4.79 Å². The summed E-state index contributed by atoms with van der Waals surface area (Å²) < 4.78 is 0. The van der Waals surface area contributed by atoms with Crippen LogP contribution in [0.4, 0.5) is 0 Å². The lowest BCUT2D eigenvalue weighted by atomic mass is 9.76. The fourth-order valence-corrected chi connectivity index (χ4v) is 3.25. The van der Waals surface area contributed by atoms with E-state index in [-0.39, 0.29) is 30.7 Å². The van der Waals surface area contributed by atoms with Crippen LogP contribution < -0.4 is 5.73 Å². The van der Waals surface area contributed by atoms with Gasteiger partial charge in [0.1, 0.15) is 0 Å². The van der Waals surface area contributed by atoms with Gasteiger partial charge in [0.05, 0.1) is 5.54 Å². The first-order valence-electron chi connectivity index (χ1n) is 7.89. The van der Waals surface area contributed by atoms with Crippen LogP contribution in [-0.4, -0.2) is 54.0 Å². The topological polar surface area (TPSA) is 49.6 Å². The number of rotatable bonds is 5. The largest absolute Gasteiger partial charge is 0.341 e. The van der Waals surface area contributed by atoms with Gasteiger partial charge in [-0.1, -0.05) is 13.8 Å². The smallest absolute Gasteiger partial charge is 0.242 e. The average molecular weight is 340 g/mol. The lowest BCUT2D eigenvalue weighted by Gasteiger charge is -2.43. The number of piperidine rings is 1. The Morgan fingerprint density at radius 1 is 1.19 bits per heavy atom. The van der Waals surface area contributed by atoms with Crippen molar-refractivity contribution >= 4 is 30.7 Å². The summed E-state index contributed by atoms with van der Waals surface area (Å²) in [6.07, 6.45) is 5.15. The molecule has 4 nitrogen and oxygen atoms in total. The summed E-state index contributed by atoms with van der Waals surface area (Å²) in [5.41, 5.74) is 5.63. The Morgan fingerprint density at radius 2 is 1.71 bits per heavy atom. The maximum Gasteiger partial charge on any atom is 0.242 e. The number of carbonyl (C=O) groups excluding carboxylic acids is 1. The van der Waals surface area contributed by atoms with Gasteiger partial charge in [-0.25, -0.2) is 0 Å². The maximum absolute atomic E-state index is 12.3. The highest BCUT2D eigenvalue weighted by atomic mass is 35.5. The van der Waals surface area contributed by atoms with Crippen LogP contribution in [0.15, 0.2) is 0 Å². The zero-order valence-electron chi connectivity index (χ0n) is 13.3. The first kappa shape index (κ1) is 21.0. The van der Waals surface area contributed by atoms with E-state index in [2.05, 4.69) is 18.7 Å². The summed E-state index contributed by atoms with van der Waals surface area (Å²) in [6.45, 7) is 9.69. The minimum atomic E-state index is -0.508. The molecule has 0 atom stereocenters. The van der Waals surface area contributed by atoms with Gasteiger partial charge >= 0.3 is 0 Å². The van der Waals surface area contributed by atoms with Crippen LogP contribution in [-0.2, 0) is 4.79 Å². The Balaban J connectivity index is 0.00000200. The number of nitrogens with zero attached hydrogens (tertiary/aromatic N) is 2. The highest BCUT2D eigenvalue weighted by molar-refractivity contribution is 5.87. The summed E-state index contributed by atoms with van der Waals surface area (Å²) in [4.78, 5) is 16.8. The van der Waals surface area contributed by atoms with Crippen molar-refractivity contribution in [2.75, 3.05) is 32.7 Å². The molecule has 21 heavy (non-hydrogen) atoms. The van der Waals surface area contributed by atoms with Crippen LogP contribution in [0.25, 0.3) is 0 Å². The first-order valence-corrected chi connectivity index (χ1v) is 7.89. The lowest BCUT2D eigenvalue weighted by Crippen LogP contribution is -2.60. The molecule has 1 aliphatic carbocycles. The summed E-state index contributed by atoms with van der Waals surface area (Å²) in [7, 11) is 0. The molecule has 0 aromatic heterocycles. The molecular weight excluding hydrogens is 309 g/mol. The Morgan fingerprint density at radius 3 is 2.10 bits per heavy atom. The SMILES string of the molecule is CCN(CC)CC1CCN(C(=O)C2(N)CCC2)CC1.Cl.Cl. The second-order valence-electron chi connectivity index (χ2n) is 6.23. The predicted octanol–water partition coefficient (Wildman–Crippen LogP) is 2.29. The summed E-state index contributed by atoms with van der Waals surface area (Å²) in [6, 6.07) is 0. The van der Waals surface area contributed by atoms with Gasteiger partial charge in [-0.05, 0) is 51.1 Å². The molecule has 1 aliphatic heterocycles. The molecule has 1 saturated heterocycles. The Kier molecular flexibility index (Phi) is 9.17. The highest BCUT2D eigenvalue weighted by Crippen LogP contribution is 2.32. The minimum Gasteiger partial charge on any atom is -0.341 e. The molecule has 6 heteroatoms. The molecule has 0 aromatic carbocycles. The third-order valence-electron chi connectivity index (χ3n) is 4.98. The van der Waals surface area contributed by atoms with E-state index in [1.54, 1.807) is 0 Å². The van der Waals surface area contributed by atoms with Crippen molar-refractivity contribution in [1.29, 1.82) is 0 Å². The maximum atomic E-state index is 12.3. The first-order chi connectivity index (χ1) is 9.09. The van der Waals surface area contributed by atoms with E-state index in [4.69, 9.17) is 5.73 Å². The molecule has 2 N–H and O–H groups in total. The van der Waals surface area contributed by atoms with Crippen molar-refractivity contribution in [2.24, 2.45) is 11.7 Å². The molecule has 1 amide bonds. The normalized spacial score (nSPS) is 21.2. The van der Waals surface area contributed by atoms with Crippen LogP contribution in [0.1, 0.15) is 46.0 Å². The summed E-state index contributed by atoms with van der Waals surface area (Å²) >= 11 is 0. The van der Waals surface area contributed by atoms with Crippen molar-refractivity contribution < 1.29 is 4.79 Å². The van der Waals surface area contributed by atoms with Crippen molar-refractivity contribution in [3.63, 3.8) is 0 Å². The number of carbonyl (C=O) groups is 1. The van der Waals surface area contributed by atoms with Gasteiger partial charge in [0.25, 0.3) is 0 Å². The summed E-state index contributed by atoms with van der Waals surface area (Å²) in [5, 5.41) is 0. The number of hydrogen-bond donors (Lipinski definition) is 1. The molecular formula is C15H31Cl2N3O.